The van der Waals surface area contributed by atoms with Crippen LogP contribution < -0.4 is 10.9 Å². The Labute approximate surface area is 130 Å². The zero-order valence-corrected chi connectivity index (χ0v) is 13.2. The number of amides is 1. The van der Waals surface area contributed by atoms with Gasteiger partial charge in [0.1, 0.15) is 5.56 Å². The van der Waals surface area contributed by atoms with Crippen LogP contribution in [0.25, 0.3) is 0 Å². The van der Waals surface area contributed by atoms with E-state index in [1.54, 1.807) is 18.0 Å². The Balaban J connectivity index is 1.83. The maximum Gasteiger partial charge on any atom is 0.263 e. The molecule has 6 heteroatoms. The Morgan fingerprint density at radius 1 is 1.32 bits per heavy atom. The number of pyridine rings is 1. The number of ether oxygens (including phenoxy) is 1. The highest BCUT2D eigenvalue weighted by Crippen LogP contribution is 2.28. The molecule has 3 heterocycles. The molecule has 2 aliphatic rings. The quantitative estimate of drug-likeness (QED) is 0.810. The van der Waals surface area contributed by atoms with E-state index in [-0.39, 0.29) is 22.6 Å². The Morgan fingerprint density at radius 2 is 2.05 bits per heavy atom. The summed E-state index contributed by atoms with van der Waals surface area (Å²) in [5, 5.41) is 3.32. The zero-order valence-electron chi connectivity index (χ0n) is 13.2. The number of hydrogen-bond donors (Lipinski definition) is 1. The predicted molar refractivity (Wildman–Crippen MR) is 83.1 cm³/mol. The fraction of sp³-hybridized carbons (Fsp3) is 0.625. The van der Waals surface area contributed by atoms with E-state index in [1.165, 1.54) is 4.57 Å². The molecule has 1 aromatic rings. The minimum absolute atomic E-state index is 0.179. The number of nitrogens with one attached hydrogen (secondary N) is 1. The largest absolute Gasteiger partial charge is 0.371 e. The molecule has 0 radical (unpaired) electrons. The van der Waals surface area contributed by atoms with Gasteiger partial charge in [0.05, 0.1) is 18.8 Å². The van der Waals surface area contributed by atoms with Crippen molar-refractivity contribution in [2.24, 2.45) is 7.05 Å². The van der Waals surface area contributed by atoms with Crippen molar-refractivity contribution in [1.82, 2.24) is 14.8 Å². The zero-order chi connectivity index (χ0) is 15.7. The molecule has 120 valence electrons. The van der Waals surface area contributed by atoms with Gasteiger partial charge in [-0.05, 0) is 45.0 Å². The number of aryl methyl sites for hydroxylation is 1. The predicted octanol–water partition coefficient (Wildman–Crippen LogP) is 0.288. The van der Waals surface area contributed by atoms with E-state index in [0.717, 1.165) is 31.6 Å². The summed E-state index contributed by atoms with van der Waals surface area (Å²) in [4.78, 5) is 26.8. The number of aromatic nitrogens is 1. The minimum Gasteiger partial charge on any atom is -0.371 e. The highest BCUT2D eigenvalue weighted by atomic mass is 16.5. The average molecular weight is 305 g/mol. The van der Waals surface area contributed by atoms with Gasteiger partial charge < -0.3 is 19.5 Å². The number of carbonyl (C=O) groups is 1. The molecule has 0 unspecified atom stereocenters. The molecule has 0 atom stereocenters. The first-order chi connectivity index (χ1) is 10.5. The Hall–Kier alpha value is -1.66. The SMILES string of the molecule is Cc1ccc(C(=O)N2CCOC3(CCNCC3)C2)c(=O)n1C. The smallest absolute Gasteiger partial charge is 0.263 e. The summed E-state index contributed by atoms with van der Waals surface area (Å²) in [6.07, 6.45) is 1.81. The molecule has 1 spiro atoms. The van der Waals surface area contributed by atoms with Gasteiger partial charge >= 0.3 is 0 Å². The summed E-state index contributed by atoms with van der Waals surface area (Å²) >= 11 is 0. The van der Waals surface area contributed by atoms with Crippen LogP contribution >= 0.6 is 0 Å². The molecule has 2 fully saturated rings. The molecule has 22 heavy (non-hydrogen) atoms. The van der Waals surface area contributed by atoms with E-state index in [4.69, 9.17) is 4.74 Å². The molecule has 0 bridgehead atoms. The molecular weight excluding hydrogens is 282 g/mol. The summed E-state index contributed by atoms with van der Waals surface area (Å²) in [6.45, 7) is 5.34. The van der Waals surface area contributed by atoms with E-state index in [0.29, 0.717) is 19.7 Å². The molecule has 2 saturated heterocycles. The van der Waals surface area contributed by atoms with E-state index in [1.807, 2.05) is 13.0 Å². The average Bonchev–Trinajstić information content (AvgIpc) is 2.53. The van der Waals surface area contributed by atoms with E-state index >= 15 is 0 Å². The van der Waals surface area contributed by atoms with Crippen LogP contribution in [0, 0.1) is 6.92 Å². The van der Waals surface area contributed by atoms with Gasteiger partial charge in [0, 0.05) is 19.3 Å². The fourth-order valence-corrected chi connectivity index (χ4v) is 3.26. The second-order valence-corrected chi connectivity index (χ2v) is 6.26. The molecule has 0 aromatic carbocycles. The van der Waals surface area contributed by atoms with Crippen molar-refractivity contribution < 1.29 is 9.53 Å². The van der Waals surface area contributed by atoms with Gasteiger partial charge in [-0.15, -0.1) is 0 Å². The van der Waals surface area contributed by atoms with E-state index in [9.17, 15) is 9.59 Å². The summed E-state index contributed by atoms with van der Waals surface area (Å²) in [6, 6.07) is 3.46. The molecule has 0 saturated carbocycles. The van der Waals surface area contributed by atoms with Gasteiger partial charge in [0.2, 0.25) is 0 Å². The number of rotatable bonds is 1. The lowest BCUT2D eigenvalue weighted by atomic mass is 9.90. The number of piperidine rings is 1. The number of hydrogen-bond acceptors (Lipinski definition) is 4. The highest BCUT2D eigenvalue weighted by Gasteiger charge is 2.39. The number of carbonyl (C=O) groups excluding carboxylic acids is 1. The van der Waals surface area contributed by atoms with Gasteiger partial charge in [0.25, 0.3) is 11.5 Å². The Kier molecular flexibility index (Phi) is 4.06. The first kappa shape index (κ1) is 15.2. The highest BCUT2D eigenvalue weighted by molar-refractivity contribution is 5.94. The van der Waals surface area contributed by atoms with E-state index in [2.05, 4.69) is 5.32 Å². The van der Waals surface area contributed by atoms with Crippen molar-refractivity contribution >= 4 is 5.91 Å². The van der Waals surface area contributed by atoms with Crippen LogP contribution in [0.1, 0.15) is 28.9 Å². The van der Waals surface area contributed by atoms with Crippen molar-refractivity contribution in [3.05, 3.63) is 33.7 Å². The van der Waals surface area contributed by atoms with Crippen molar-refractivity contribution in [2.75, 3.05) is 32.8 Å². The first-order valence-electron chi connectivity index (χ1n) is 7.83. The third kappa shape index (κ3) is 2.68. The molecule has 1 amide bonds. The molecule has 1 aromatic heterocycles. The standard InChI is InChI=1S/C16H23N3O3/c1-12-3-4-13(14(20)18(12)2)15(21)19-9-10-22-16(11-19)5-7-17-8-6-16/h3-4,17H,5-11H2,1-2H3. The number of nitrogens with zero attached hydrogens (tertiary/aromatic N) is 2. The second-order valence-electron chi connectivity index (χ2n) is 6.26. The second kappa shape index (κ2) is 5.85. The van der Waals surface area contributed by atoms with Crippen LogP contribution in [0.4, 0.5) is 0 Å². The first-order valence-corrected chi connectivity index (χ1v) is 7.83. The molecular formula is C16H23N3O3. The molecule has 6 nitrogen and oxygen atoms in total. The normalized spacial score (nSPS) is 21.1. The van der Waals surface area contributed by atoms with Crippen molar-refractivity contribution in [1.29, 1.82) is 0 Å². The van der Waals surface area contributed by atoms with Crippen LogP contribution in [0.15, 0.2) is 16.9 Å². The van der Waals surface area contributed by atoms with Gasteiger partial charge in [0.15, 0.2) is 0 Å². The van der Waals surface area contributed by atoms with Crippen LogP contribution in [0.5, 0.6) is 0 Å². The summed E-state index contributed by atoms with van der Waals surface area (Å²) in [5.41, 5.74) is 0.628. The molecule has 0 aliphatic carbocycles. The number of morpholine rings is 1. The van der Waals surface area contributed by atoms with Crippen LogP contribution in [-0.4, -0.2) is 53.8 Å². The van der Waals surface area contributed by atoms with Gasteiger partial charge in [-0.2, -0.15) is 0 Å². The summed E-state index contributed by atoms with van der Waals surface area (Å²) in [5.74, 6) is -0.179. The van der Waals surface area contributed by atoms with Gasteiger partial charge in [-0.1, -0.05) is 0 Å². The van der Waals surface area contributed by atoms with E-state index < -0.39 is 0 Å². The van der Waals surface area contributed by atoms with Crippen LogP contribution in [0.3, 0.4) is 0 Å². The molecule has 2 aliphatic heterocycles. The lowest BCUT2D eigenvalue weighted by Crippen LogP contribution is -2.57. The maximum atomic E-state index is 12.8. The monoisotopic (exact) mass is 305 g/mol. The van der Waals surface area contributed by atoms with Crippen molar-refractivity contribution in [3.63, 3.8) is 0 Å². The van der Waals surface area contributed by atoms with Crippen molar-refractivity contribution in [2.45, 2.75) is 25.4 Å². The molecule has 3 rings (SSSR count). The van der Waals surface area contributed by atoms with Gasteiger partial charge in [-0.25, -0.2) is 0 Å². The van der Waals surface area contributed by atoms with Crippen LogP contribution in [-0.2, 0) is 11.8 Å². The van der Waals surface area contributed by atoms with Crippen LogP contribution in [0.2, 0.25) is 0 Å². The third-order valence-corrected chi connectivity index (χ3v) is 4.84. The topological polar surface area (TPSA) is 63.6 Å². The fourth-order valence-electron chi connectivity index (χ4n) is 3.26. The minimum atomic E-state index is -0.241. The third-order valence-electron chi connectivity index (χ3n) is 4.84. The Bertz CT molecular complexity index is 627. The summed E-state index contributed by atoms with van der Waals surface area (Å²) < 4.78 is 7.50. The Morgan fingerprint density at radius 3 is 2.77 bits per heavy atom. The van der Waals surface area contributed by atoms with Gasteiger partial charge in [-0.3, -0.25) is 9.59 Å². The van der Waals surface area contributed by atoms with Crippen molar-refractivity contribution in [3.8, 4) is 0 Å². The maximum absolute atomic E-state index is 12.8. The lowest BCUT2D eigenvalue weighted by molar-refractivity contribution is -0.114. The summed E-state index contributed by atoms with van der Waals surface area (Å²) in [7, 11) is 1.70. The molecule has 1 N–H and O–H groups in total. The lowest BCUT2D eigenvalue weighted by Gasteiger charge is -2.45.